The van der Waals surface area contributed by atoms with Crippen molar-refractivity contribution in [2.45, 2.75) is 18.3 Å². The lowest BCUT2D eigenvalue weighted by Crippen LogP contribution is -2.44. The maximum Gasteiger partial charge on any atom is 0.331 e. The van der Waals surface area contributed by atoms with Crippen LogP contribution in [0.2, 0.25) is 0 Å². The number of hydrogen-bond donors (Lipinski definition) is 3. The molecule has 12 heavy (non-hydrogen) atoms. The van der Waals surface area contributed by atoms with Crippen molar-refractivity contribution in [2.75, 3.05) is 7.05 Å². The minimum atomic E-state index is -1.16. The molecule has 0 fully saturated rings. The molecule has 70 valence electrons. The zero-order chi connectivity index (χ0) is 9.89. The highest BCUT2D eigenvalue weighted by Gasteiger charge is 2.26. The lowest BCUT2D eigenvalue weighted by molar-refractivity contribution is -0.145. The largest absolute Gasteiger partial charge is 0.480 e. The Morgan fingerprint density at radius 3 is 2.00 bits per heavy atom. The van der Waals surface area contributed by atoms with E-state index in [2.05, 4.69) is 12.6 Å². The maximum absolute atomic E-state index is 10.4. The van der Waals surface area contributed by atoms with Gasteiger partial charge in [0.2, 0.25) is 0 Å². The first kappa shape index (κ1) is 11.2. The molecule has 0 radical (unpaired) electrons. The van der Waals surface area contributed by atoms with Crippen molar-refractivity contribution in [1.82, 2.24) is 4.90 Å². The topological polar surface area (TPSA) is 77.8 Å². The van der Waals surface area contributed by atoms with E-state index in [1.807, 2.05) is 0 Å². The fourth-order valence-corrected chi connectivity index (χ4v) is 0.760. The van der Waals surface area contributed by atoms with Gasteiger partial charge in [0.25, 0.3) is 0 Å². The average molecular weight is 193 g/mol. The van der Waals surface area contributed by atoms with Gasteiger partial charge in [0.15, 0.2) is 5.37 Å². The number of thiol groups is 1. The van der Waals surface area contributed by atoms with E-state index in [1.54, 1.807) is 0 Å². The first-order valence-electron chi connectivity index (χ1n) is 3.23. The van der Waals surface area contributed by atoms with Gasteiger partial charge >= 0.3 is 11.9 Å². The highest BCUT2D eigenvalue weighted by atomic mass is 32.1. The molecular formula is C6H11NO4S. The van der Waals surface area contributed by atoms with Crippen LogP contribution in [0.25, 0.3) is 0 Å². The Bertz CT molecular complexity index is 176. The molecule has 0 amide bonds. The van der Waals surface area contributed by atoms with Crippen molar-refractivity contribution in [2.24, 2.45) is 0 Å². The number of carboxylic acid groups (broad SMARTS) is 2. The Morgan fingerprint density at radius 1 is 1.33 bits per heavy atom. The number of hydrogen-bond acceptors (Lipinski definition) is 4. The van der Waals surface area contributed by atoms with Gasteiger partial charge in [-0.15, -0.1) is 12.6 Å². The monoisotopic (exact) mass is 193 g/mol. The number of likely N-dealkylation sites (N-methyl/N-ethyl adjacent to an activating group) is 1. The molecule has 0 spiro atoms. The molecule has 0 rings (SSSR count). The molecule has 0 heterocycles. The fourth-order valence-electron chi connectivity index (χ4n) is 0.560. The standard InChI is InChI=1S/C6H11NO4S/c1-3(5(8)9)7(2)4(12)6(10)11/h3-4,12H,1-2H3,(H,8,9)(H,10,11). The van der Waals surface area contributed by atoms with Crippen molar-refractivity contribution < 1.29 is 19.8 Å². The molecule has 6 heteroatoms. The van der Waals surface area contributed by atoms with Gasteiger partial charge in [0.05, 0.1) is 0 Å². The second-order valence-electron chi connectivity index (χ2n) is 2.39. The Labute approximate surface area is 75.4 Å². The molecule has 2 atom stereocenters. The van der Waals surface area contributed by atoms with E-state index in [4.69, 9.17) is 10.2 Å². The number of rotatable bonds is 4. The molecule has 0 aromatic carbocycles. The van der Waals surface area contributed by atoms with Crippen molar-refractivity contribution >= 4 is 24.6 Å². The van der Waals surface area contributed by atoms with Gasteiger partial charge in [-0.05, 0) is 14.0 Å². The molecule has 0 aliphatic heterocycles. The van der Waals surface area contributed by atoms with E-state index < -0.39 is 23.4 Å². The summed E-state index contributed by atoms with van der Waals surface area (Å²) in [6.45, 7) is 1.40. The van der Waals surface area contributed by atoms with Crippen molar-refractivity contribution in [1.29, 1.82) is 0 Å². The predicted molar refractivity (Wildman–Crippen MR) is 45.3 cm³/mol. The van der Waals surface area contributed by atoms with Crippen molar-refractivity contribution in [3.05, 3.63) is 0 Å². The smallest absolute Gasteiger partial charge is 0.331 e. The Hall–Kier alpha value is -0.750. The van der Waals surface area contributed by atoms with Crippen molar-refractivity contribution in [3.8, 4) is 0 Å². The van der Waals surface area contributed by atoms with Crippen LogP contribution >= 0.6 is 12.6 Å². The van der Waals surface area contributed by atoms with Crippen LogP contribution in [0.5, 0.6) is 0 Å². The van der Waals surface area contributed by atoms with Crippen LogP contribution in [-0.2, 0) is 9.59 Å². The summed E-state index contributed by atoms with van der Waals surface area (Å²) in [4.78, 5) is 21.9. The van der Waals surface area contributed by atoms with Gasteiger partial charge < -0.3 is 10.2 Å². The van der Waals surface area contributed by atoms with Crippen LogP contribution in [0, 0.1) is 0 Å². The minimum absolute atomic E-state index is 0.858. The van der Waals surface area contributed by atoms with Gasteiger partial charge in [0, 0.05) is 0 Å². The van der Waals surface area contributed by atoms with Gasteiger partial charge in [0.1, 0.15) is 6.04 Å². The lowest BCUT2D eigenvalue weighted by atomic mass is 10.3. The van der Waals surface area contributed by atoms with E-state index in [9.17, 15) is 9.59 Å². The molecular weight excluding hydrogens is 182 g/mol. The normalized spacial score (nSPS) is 15.7. The van der Waals surface area contributed by atoms with E-state index in [0.29, 0.717) is 0 Å². The van der Waals surface area contributed by atoms with Gasteiger partial charge in [-0.1, -0.05) is 0 Å². The van der Waals surface area contributed by atoms with E-state index in [1.165, 1.54) is 14.0 Å². The first-order valence-corrected chi connectivity index (χ1v) is 3.75. The molecule has 0 aromatic heterocycles. The number of carbonyl (C=O) groups is 2. The summed E-state index contributed by atoms with van der Waals surface area (Å²) in [5.41, 5.74) is 0. The van der Waals surface area contributed by atoms with Crippen molar-refractivity contribution in [3.63, 3.8) is 0 Å². The lowest BCUT2D eigenvalue weighted by Gasteiger charge is -2.23. The third-order valence-corrected chi connectivity index (χ3v) is 2.16. The molecule has 0 aromatic rings. The fraction of sp³-hybridized carbons (Fsp3) is 0.667. The van der Waals surface area contributed by atoms with Gasteiger partial charge in [-0.25, -0.2) is 4.79 Å². The number of nitrogens with zero attached hydrogens (tertiary/aromatic N) is 1. The van der Waals surface area contributed by atoms with Crippen LogP contribution in [-0.4, -0.2) is 45.5 Å². The molecule has 0 saturated carbocycles. The van der Waals surface area contributed by atoms with E-state index >= 15 is 0 Å². The Morgan fingerprint density at radius 2 is 1.75 bits per heavy atom. The molecule has 0 aliphatic rings. The third-order valence-electron chi connectivity index (χ3n) is 1.57. The summed E-state index contributed by atoms with van der Waals surface area (Å²) in [7, 11) is 1.39. The summed E-state index contributed by atoms with van der Waals surface area (Å²) in [6, 6.07) is -0.858. The minimum Gasteiger partial charge on any atom is -0.480 e. The molecule has 0 aliphatic carbocycles. The summed E-state index contributed by atoms with van der Waals surface area (Å²) >= 11 is 3.72. The SMILES string of the molecule is CC(C(=O)O)N(C)C(S)C(=O)O. The third kappa shape index (κ3) is 2.71. The second-order valence-corrected chi connectivity index (χ2v) is 2.88. The van der Waals surface area contributed by atoms with Gasteiger partial charge in [-0.3, -0.25) is 9.69 Å². The molecule has 2 N–H and O–H groups in total. The second kappa shape index (κ2) is 4.32. The van der Waals surface area contributed by atoms with Crippen LogP contribution in [0.4, 0.5) is 0 Å². The summed E-state index contributed by atoms with van der Waals surface area (Å²) in [5, 5.41) is 15.9. The maximum atomic E-state index is 10.4. The van der Waals surface area contributed by atoms with E-state index in [0.717, 1.165) is 4.90 Å². The summed E-state index contributed by atoms with van der Waals surface area (Å²) < 4.78 is 0. The molecule has 5 nitrogen and oxygen atoms in total. The van der Waals surface area contributed by atoms with E-state index in [-0.39, 0.29) is 0 Å². The van der Waals surface area contributed by atoms with Crippen LogP contribution < -0.4 is 0 Å². The Balaban J connectivity index is 4.28. The summed E-state index contributed by atoms with van der Waals surface area (Å²) in [5.74, 6) is -2.23. The van der Waals surface area contributed by atoms with Crippen LogP contribution in [0.15, 0.2) is 0 Å². The predicted octanol–water partition coefficient (Wildman–Crippen LogP) is -0.268. The Kier molecular flexibility index (Phi) is 4.05. The quantitative estimate of drug-likeness (QED) is 0.423. The van der Waals surface area contributed by atoms with Gasteiger partial charge in [-0.2, -0.15) is 0 Å². The van der Waals surface area contributed by atoms with Crippen LogP contribution in [0.3, 0.4) is 0 Å². The first-order chi connectivity index (χ1) is 5.37. The highest BCUT2D eigenvalue weighted by molar-refractivity contribution is 7.81. The number of aliphatic carboxylic acids is 2. The number of carboxylic acids is 2. The highest BCUT2D eigenvalue weighted by Crippen LogP contribution is 2.06. The zero-order valence-corrected chi connectivity index (χ0v) is 7.65. The molecule has 0 saturated heterocycles. The molecule has 2 unspecified atom stereocenters. The van der Waals surface area contributed by atoms with Crippen LogP contribution in [0.1, 0.15) is 6.92 Å². The molecule has 0 bridgehead atoms. The zero-order valence-electron chi connectivity index (χ0n) is 6.76. The summed E-state index contributed by atoms with van der Waals surface area (Å²) in [6.07, 6.45) is 0. The average Bonchev–Trinajstić information content (AvgIpc) is 2.00.